The zero-order chi connectivity index (χ0) is 9.94. The van der Waals surface area contributed by atoms with Crippen molar-refractivity contribution in [2.45, 2.75) is 25.7 Å². The Hall–Kier alpha value is -0.610. The van der Waals surface area contributed by atoms with Crippen molar-refractivity contribution >= 4 is 5.97 Å². The van der Waals surface area contributed by atoms with Gasteiger partial charge in [-0.15, -0.1) is 0 Å². The normalized spacial score (nSPS) is 10.0. The van der Waals surface area contributed by atoms with Crippen LogP contribution in [0.3, 0.4) is 0 Å². The number of hydrogen-bond donors (Lipinski definition) is 1. The first-order valence-electron chi connectivity index (χ1n) is 4.56. The van der Waals surface area contributed by atoms with E-state index < -0.39 is 0 Å². The maximum atomic E-state index is 10.9. The van der Waals surface area contributed by atoms with E-state index in [-0.39, 0.29) is 12.6 Å². The molecule has 13 heavy (non-hydrogen) atoms. The number of aliphatic hydroxyl groups excluding tert-OH is 1. The van der Waals surface area contributed by atoms with Gasteiger partial charge in [-0.05, 0) is 12.8 Å². The van der Waals surface area contributed by atoms with Crippen molar-refractivity contribution in [3.63, 3.8) is 0 Å². The standard InChI is InChI=1S/C9H18O4/c1-12-7-8-13-9(11)5-3-2-4-6-10/h10H,2-8H2,1H3. The number of esters is 1. The summed E-state index contributed by atoms with van der Waals surface area (Å²) >= 11 is 0. The van der Waals surface area contributed by atoms with Gasteiger partial charge in [0.2, 0.25) is 0 Å². The Morgan fingerprint density at radius 3 is 2.62 bits per heavy atom. The van der Waals surface area contributed by atoms with Gasteiger partial charge in [0.15, 0.2) is 0 Å². The highest BCUT2D eigenvalue weighted by Crippen LogP contribution is 2.00. The number of unbranched alkanes of at least 4 members (excludes halogenated alkanes) is 2. The average Bonchev–Trinajstić information content (AvgIpc) is 2.13. The summed E-state index contributed by atoms with van der Waals surface area (Å²) in [5.41, 5.74) is 0. The van der Waals surface area contributed by atoms with Crippen LogP contribution in [0.5, 0.6) is 0 Å². The number of carbonyl (C=O) groups is 1. The second kappa shape index (κ2) is 9.48. The molecule has 0 rings (SSSR count). The molecule has 0 atom stereocenters. The zero-order valence-electron chi connectivity index (χ0n) is 8.12. The molecule has 0 aliphatic carbocycles. The van der Waals surface area contributed by atoms with E-state index in [0.29, 0.717) is 19.6 Å². The topological polar surface area (TPSA) is 55.8 Å². The number of methoxy groups -OCH3 is 1. The largest absolute Gasteiger partial charge is 0.463 e. The monoisotopic (exact) mass is 190 g/mol. The van der Waals surface area contributed by atoms with Gasteiger partial charge in [0.25, 0.3) is 0 Å². The maximum absolute atomic E-state index is 10.9. The molecule has 0 radical (unpaired) electrons. The summed E-state index contributed by atoms with van der Waals surface area (Å²) < 4.78 is 9.56. The van der Waals surface area contributed by atoms with Crippen molar-refractivity contribution < 1.29 is 19.4 Å². The predicted molar refractivity (Wildman–Crippen MR) is 48.4 cm³/mol. The van der Waals surface area contributed by atoms with Crippen LogP contribution in [-0.2, 0) is 14.3 Å². The molecule has 0 amide bonds. The molecule has 78 valence electrons. The molecule has 0 spiro atoms. The Morgan fingerprint density at radius 1 is 1.23 bits per heavy atom. The molecule has 4 nitrogen and oxygen atoms in total. The van der Waals surface area contributed by atoms with Crippen LogP contribution in [0.15, 0.2) is 0 Å². The Kier molecular flexibility index (Phi) is 9.03. The summed E-state index contributed by atoms with van der Waals surface area (Å²) in [5.74, 6) is -0.185. The minimum atomic E-state index is -0.185. The highest BCUT2D eigenvalue weighted by atomic mass is 16.6. The van der Waals surface area contributed by atoms with Gasteiger partial charge in [-0.3, -0.25) is 4.79 Å². The van der Waals surface area contributed by atoms with Gasteiger partial charge in [0.05, 0.1) is 6.61 Å². The molecule has 0 aliphatic rings. The van der Waals surface area contributed by atoms with Gasteiger partial charge in [-0.2, -0.15) is 0 Å². The van der Waals surface area contributed by atoms with Crippen LogP contribution in [0.1, 0.15) is 25.7 Å². The van der Waals surface area contributed by atoms with Crippen LogP contribution in [0.2, 0.25) is 0 Å². The van der Waals surface area contributed by atoms with E-state index in [1.807, 2.05) is 0 Å². The third kappa shape index (κ3) is 9.30. The van der Waals surface area contributed by atoms with Crippen LogP contribution >= 0.6 is 0 Å². The molecular formula is C9H18O4. The maximum Gasteiger partial charge on any atom is 0.305 e. The van der Waals surface area contributed by atoms with E-state index in [9.17, 15) is 4.79 Å². The summed E-state index contributed by atoms with van der Waals surface area (Å²) in [6, 6.07) is 0. The lowest BCUT2D eigenvalue weighted by Crippen LogP contribution is -2.09. The van der Waals surface area contributed by atoms with Crippen LogP contribution in [0.4, 0.5) is 0 Å². The minimum Gasteiger partial charge on any atom is -0.463 e. The Balaban J connectivity index is 3.11. The second-order valence-corrected chi connectivity index (χ2v) is 2.75. The number of rotatable bonds is 8. The summed E-state index contributed by atoms with van der Waals surface area (Å²) in [7, 11) is 1.56. The van der Waals surface area contributed by atoms with Crippen LogP contribution in [0.25, 0.3) is 0 Å². The van der Waals surface area contributed by atoms with Crippen LogP contribution < -0.4 is 0 Å². The van der Waals surface area contributed by atoms with Crippen molar-refractivity contribution in [3.8, 4) is 0 Å². The molecule has 0 saturated carbocycles. The molecule has 4 heteroatoms. The highest BCUT2D eigenvalue weighted by molar-refractivity contribution is 5.69. The Morgan fingerprint density at radius 2 is 2.00 bits per heavy atom. The smallest absolute Gasteiger partial charge is 0.305 e. The fourth-order valence-electron chi connectivity index (χ4n) is 0.869. The summed E-state index contributed by atoms with van der Waals surface area (Å²) in [6.45, 7) is 0.969. The molecule has 0 aliphatic heterocycles. The molecule has 0 unspecified atom stereocenters. The Labute approximate surface area is 78.8 Å². The van der Waals surface area contributed by atoms with Gasteiger partial charge < -0.3 is 14.6 Å². The average molecular weight is 190 g/mol. The summed E-state index contributed by atoms with van der Waals surface area (Å²) in [4.78, 5) is 10.9. The Bertz CT molecular complexity index is 125. The fraction of sp³-hybridized carbons (Fsp3) is 0.889. The predicted octanol–water partition coefficient (Wildman–Crippen LogP) is 0.729. The van der Waals surface area contributed by atoms with Gasteiger partial charge in [0, 0.05) is 20.1 Å². The van der Waals surface area contributed by atoms with Crippen molar-refractivity contribution in [1.82, 2.24) is 0 Å². The summed E-state index contributed by atoms with van der Waals surface area (Å²) in [5, 5.41) is 8.47. The lowest BCUT2D eigenvalue weighted by Gasteiger charge is -2.03. The fourth-order valence-corrected chi connectivity index (χ4v) is 0.869. The first-order valence-corrected chi connectivity index (χ1v) is 4.56. The quantitative estimate of drug-likeness (QED) is 0.453. The van der Waals surface area contributed by atoms with E-state index in [2.05, 4.69) is 0 Å². The lowest BCUT2D eigenvalue weighted by atomic mass is 10.2. The zero-order valence-corrected chi connectivity index (χ0v) is 8.12. The molecule has 0 heterocycles. The molecule has 0 bridgehead atoms. The van der Waals surface area contributed by atoms with Crippen molar-refractivity contribution in [1.29, 1.82) is 0 Å². The molecular weight excluding hydrogens is 172 g/mol. The first kappa shape index (κ1) is 12.4. The third-order valence-corrected chi connectivity index (χ3v) is 1.59. The van der Waals surface area contributed by atoms with Crippen LogP contribution in [0, 0.1) is 0 Å². The van der Waals surface area contributed by atoms with Crippen LogP contribution in [-0.4, -0.2) is 38.0 Å². The molecule has 0 fully saturated rings. The van der Waals surface area contributed by atoms with Gasteiger partial charge in [-0.25, -0.2) is 0 Å². The van der Waals surface area contributed by atoms with Crippen molar-refractivity contribution in [3.05, 3.63) is 0 Å². The van der Waals surface area contributed by atoms with E-state index in [1.165, 1.54) is 0 Å². The third-order valence-electron chi connectivity index (χ3n) is 1.59. The highest BCUT2D eigenvalue weighted by Gasteiger charge is 2.01. The number of aliphatic hydroxyl groups is 1. The minimum absolute atomic E-state index is 0.185. The van der Waals surface area contributed by atoms with Gasteiger partial charge >= 0.3 is 5.97 Å². The molecule has 0 aromatic rings. The second-order valence-electron chi connectivity index (χ2n) is 2.75. The van der Waals surface area contributed by atoms with E-state index >= 15 is 0 Å². The molecule has 0 saturated heterocycles. The van der Waals surface area contributed by atoms with Crippen molar-refractivity contribution in [2.24, 2.45) is 0 Å². The van der Waals surface area contributed by atoms with Crippen molar-refractivity contribution in [2.75, 3.05) is 26.9 Å². The number of ether oxygens (including phenoxy) is 2. The van der Waals surface area contributed by atoms with Gasteiger partial charge in [-0.1, -0.05) is 6.42 Å². The molecule has 1 N–H and O–H groups in total. The van der Waals surface area contributed by atoms with E-state index in [1.54, 1.807) is 7.11 Å². The van der Waals surface area contributed by atoms with E-state index in [4.69, 9.17) is 14.6 Å². The molecule has 0 aromatic carbocycles. The van der Waals surface area contributed by atoms with E-state index in [0.717, 1.165) is 19.3 Å². The van der Waals surface area contributed by atoms with Gasteiger partial charge in [0.1, 0.15) is 6.61 Å². The summed E-state index contributed by atoms with van der Waals surface area (Å²) in [6.07, 6.45) is 2.84. The first-order chi connectivity index (χ1) is 6.31. The number of hydrogen-bond acceptors (Lipinski definition) is 4. The SMILES string of the molecule is COCCOC(=O)CCCCCO. The molecule has 0 aromatic heterocycles. The number of carbonyl (C=O) groups excluding carboxylic acids is 1. The lowest BCUT2D eigenvalue weighted by molar-refractivity contribution is -0.145.